The number of amides is 2. The van der Waals surface area contributed by atoms with Crippen molar-refractivity contribution in [2.45, 2.75) is 33.4 Å². The van der Waals surface area contributed by atoms with Crippen LogP contribution in [0.4, 0.5) is 15.9 Å². The molecule has 214 valence electrons. The van der Waals surface area contributed by atoms with Crippen molar-refractivity contribution in [2.24, 2.45) is 5.92 Å². The van der Waals surface area contributed by atoms with Gasteiger partial charge in [0.1, 0.15) is 23.8 Å². The molecule has 12 heteroatoms. The van der Waals surface area contributed by atoms with Crippen molar-refractivity contribution in [1.82, 2.24) is 25.5 Å². The monoisotopic (exact) mass is 561 g/mol. The van der Waals surface area contributed by atoms with Crippen LogP contribution in [0.1, 0.15) is 35.7 Å². The van der Waals surface area contributed by atoms with Crippen LogP contribution in [0.15, 0.2) is 64.0 Å². The minimum Gasteiger partial charge on any atom is -0.366 e. The molecule has 2 N–H and O–H groups in total. The van der Waals surface area contributed by atoms with E-state index >= 15 is 4.39 Å². The lowest BCUT2D eigenvalue weighted by Crippen LogP contribution is -2.56. The number of carbonyl (C=O) groups is 2. The summed E-state index contributed by atoms with van der Waals surface area (Å²) in [5.41, 5.74) is 2.78. The van der Waals surface area contributed by atoms with Gasteiger partial charge in [-0.1, -0.05) is 30.2 Å². The summed E-state index contributed by atoms with van der Waals surface area (Å²) < 4.78 is 25.4. The number of anilines is 2. The fourth-order valence-corrected chi connectivity index (χ4v) is 4.64. The van der Waals surface area contributed by atoms with Crippen molar-refractivity contribution in [2.75, 3.05) is 36.4 Å². The molecule has 4 aromatic rings. The number of aryl methyl sites for hydroxylation is 1. The number of rotatable bonds is 9. The van der Waals surface area contributed by atoms with Crippen molar-refractivity contribution in [3.8, 4) is 11.3 Å². The van der Waals surface area contributed by atoms with Crippen LogP contribution in [0, 0.1) is 18.7 Å². The molecule has 1 atom stereocenters. The molecule has 0 radical (unpaired) electrons. The third-order valence-corrected chi connectivity index (χ3v) is 7.01. The van der Waals surface area contributed by atoms with Crippen LogP contribution in [-0.2, 0) is 11.3 Å². The second kappa shape index (κ2) is 12.2. The van der Waals surface area contributed by atoms with Gasteiger partial charge in [-0.25, -0.2) is 4.39 Å². The second-order valence-corrected chi connectivity index (χ2v) is 10.3. The van der Waals surface area contributed by atoms with E-state index in [0.717, 1.165) is 5.69 Å². The number of nitrogens with one attached hydrogen (secondary N) is 2. The fraction of sp³-hybridized carbons (Fsp3) is 0.345. The van der Waals surface area contributed by atoms with E-state index in [-0.39, 0.29) is 23.5 Å². The predicted octanol–water partition coefficient (Wildman–Crippen LogP) is 3.89. The van der Waals surface area contributed by atoms with Gasteiger partial charge in [0, 0.05) is 55.8 Å². The van der Waals surface area contributed by atoms with E-state index in [1.165, 1.54) is 18.5 Å². The molecular formula is C29H32FN7O4. The zero-order chi connectivity index (χ0) is 28.9. The minimum atomic E-state index is -0.676. The molecule has 0 unspecified atom stereocenters. The van der Waals surface area contributed by atoms with Gasteiger partial charge >= 0.3 is 0 Å². The van der Waals surface area contributed by atoms with Gasteiger partial charge in [-0.3, -0.25) is 14.6 Å². The number of piperazine rings is 1. The normalized spacial score (nSPS) is 14.3. The van der Waals surface area contributed by atoms with Crippen LogP contribution in [0.5, 0.6) is 0 Å². The van der Waals surface area contributed by atoms with Gasteiger partial charge in [0.05, 0.1) is 17.8 Å². The van der Waals surface area contributed by atoms with E-state index in [2.05, 4.69) is 25.9 Å². The van der Waals surface area contributed by atoms with E-state index < -0.39 is 6.04 Å². The quantitative estimate of drug-likeness (QED) is 0.313. The van der Waals surface area contributed by atoms with Crippen molar-refractivity contribution in [1.29, 1.82) is 0 Å². The van der Waals surface area contributed by atoms with E-state index in [4.69, 9.17) is 9.05 Å². The number of nitrogens with zero attached hydrogens (tertiary/aromatic N) is 5. The lowest BCUT2D eigenvalue weighted by molar-refractivity contribution is -0.134. The number of aromatic nitrogens is 3. The molecular weight excluding hydrogens is 529 g/mol. The van der Waals surface area contributed by atoms with Gasteiger partial charge in [-0.15, -0.1) is 0 Å². The SMILES string of the molecule is Cc1ccc(C(=O)N[C@H](C(=O)N2CCN(c3ccc(-c4cc(CNc5ccon5)on4)cc3F)CC2)C(C)C)cn1. The molecule has 0 bridgehead atoms. The van der Waals surface area contributed by atoms with Crippen molar-refractivity contribution in [3.05, 3.63) is 77.8 Å². The maximum atomic E-state index is 15.2. The Balaban J connectivity index is 1.18. The first kappa shape index (κ1) is 27.8. The Hall–Kier alpha value is -4.74. The molecule has 0 aliphatic carbocycles. The molecule has 11 nitrogen and oxygen atoms in total. The van der Waals surface area contributed by atoms with Crippen LogP contribution in [0.25, 0.3) is 11.3 Å². The minimum absolute atomic E-state index is 0.108. The van der Waals surface area contributed by atoms with Crippen molar-refractivity contribution >= 4 is 23.3 Å². The fourth-order valence-electron chi connectivity index (χ4n) is 4.64. The zero-order valence-corrected chi connectivity index (χ0v) is 23.1. The summed E-state index contributed by atoms with van der Waals surface area (Å²) in [5.74, 6) is 0.165. The Morgan fingerprint density at radius 3 is 2.51 bits per heavy atom. The van der Waals surface area contributed by atoms with Gasteiger partial charge in [0.25, 0.3) is 5.91 Å². The molecule has 2 amide bonds. The summed E-state index contributed by atoms with van der Waals surface area (Å²) in [5, 5.41) is 13.7. The number of pyridine rings is 1. The highest BCUT2D eigenvalue weighted by Crippen LogP contribution is 2.27. The third kappa shape index (κ3) is 6.53. The third-order valence-electron chi connectivity index (χ3n) is 7.01. The summed E-state index contributed by atoms with van der Waals surface area (Å²) in [6, 6.07) is 11.2. The zero-order valence-electron chi connectivity index (χ0n) is 23.1. The highest BCUT2D eigenvalue weighted by molar-refractivity contribution is 5.97. The van der Waals surface area contributed by atoms with Gasteiger partial charge < -0.3 is 29.5 Å². The summed E-state index contributed by atoms with van der Waals surface area (Å²) in [7, 11) is 0. The lowest BCUT2D eigenvalue weighted by Gasteiger charge is -2.38. The van der Waals surface area contributed by atoms with E-state index in [0.29, 0.717) is 66.8 Å². The van der Waals surface area contributed by atoms with Crippen LogP contribution >= 0.6 is 0 Å². The predicted molar refractivity (Wildman–Crippen MR) is 150 cm³/mol. The highest BCUT2D eigenvalue weighted by atomic mass is 19.1. The van der Waals surface area contributed by atoms with E-state index in [1.54, 1.807) is 41.3 Å². The van der Waals surface area contributed by atoms with Gasteiger partial charge in [0.2, 0.25) is 5.91 Å². The summed E-state index contributed by atoms with van der Waals surface area (Å²) in [4.78, 5) is 33.9. The standard InChI is InChI=1S/C29H32FN7O4/c1-18(2)27(33-28(38)21-5-4-19(3)31-16-21)29(39)37-11-9-36(10-12-37)25-7-6-20(14-23(25)30)24-15-22(41-34-24)17-32-26-8-13-40-35-26/h4-8,13-16,18,27H,9-12,17H2,1-3H3,(H,32,35)(H,33,38)/t27-/m0/s1. The molecule has 41 heavy (non-hydrogen) atoms. The topological polar surface area (TPSA) is 130 Å². The van der Waals surface area contributed by atoms with E-state index in [1.807, 2.05) is 25.7 Å². The number of benzene rings is 1. The molecule has 0 saturated carbocycles. The molecule has 1 aromatic carbocycles. The Morgan fingerprint density at radius 2 is 1.85 bits per heavy atom. The van der Waals surface area contributed by atoms with Crippen LogP contribution in [-0.4, -0.2) is 64.2 Å². The maximum Gasteiger partial charge on any atom is 0.253 e. The first-order valence-corrected chi connectivity index (χ1v) is 13.5. The van der Waals surface area contributed by atoms with Crippen LogP contribution in [0.2, 0.25) is 0 Å². The Labute approximate surface area is 236 Å². The highest BCUT2D eigenvalue weighted by Gasteiger charge is 2.31. The molecule has 1 saturated heterocycles. The average molecular weight is 562 g/mol. The van der Waals surface area contributed by atoms with Crippen LogP contribution in [0.3, 0.4) is 0 Å². The summed E-state index contributed by atoms with van der Waals surface area (Å²) in [6.07, 6.45) is 2.97. The molecule has 0 spiro atoms. The van der Waals surface area contributed by atoms with Crippen molar-refractivity contribution < 1.29 is 23.0 Å². The largest absolute Gasteiger partial charge is 0.366 e. The Kier molecular flexibility index (Phi) is 8.27. The number of hydrogen-bond donors (Lipinski definition) is 2. The summed E-state index contributed by atoms with van der Waals surface area (Å²) >= 11 is 0. The Bertz CT molecular complexity index is 1480. The molecule has 3 aromatic heterocycles. The number of carbonyl (C=O) groups excluding carboxylic acids is 2. The first-order chi connectivity index (χ1) is 19.8. The second-order valence-electron chi connectivity index (χ2n) is 10.3. The van der Waals surface area contributed by atoms with E-state index in [9.17, 15) is 9.59 Å². The van der Waals surface area contributed by atoms with Crippen LogP contribution < -0.4 is 15.5 Å². The smallest absolute Gasteiger partial charge is 0.253 e. The first-order valence-electron chi connectivity index (χ1n) is 13.5. The lowest BCUT2D eigenvalue weighted by atomic mass is 10.0. The molecule has 1 fully saturated rings. The van der Waals surface area contributed by atoms with Crippen molar-refractivity contribution in [3.63, 3.8) is 0 Å². The van der Waals surface area contributed by atoms with Gasteiger partial charge in [0.15, 0.2) is 11.6 Å². The van der Waals surface area contributed by atoms with Gasteiger partial charge in [-0.2, -0.15) is 0 Å². The maximum absolute atomic E-state index is 15.2. The summed E-state index contributed by atoms with van der Waals surface area (Å²) in [6.45, 7) is 7.74. The van der Waals surface area contributed by atoms with Gasteiger partial charge in [-0.05, 0) is 37.1 Å². The molecule has 1 aliphatic rings. The number of halogens is 1. The Morgan fingerprint density at radius 1 is 1.05 bits per heavy atom. The average Bonchev–Trinajstić information content (AvgIpc) is 3.67. The molecule has 4 heterocycles. The molecule has 1 aliphatic heterocycles. The number of hydrogen-bond acceptors (Lipinski definition) is 9. The molecule has 5 rings (SSSR count).